The van der Waals surface area contributed by atoms with Gasteiger partial charge < -0.3 is 15.4 Å². The zero-order valence-corrected chi connectivity index (χ0v) is 15.0. The van der Waals surface area contributed by atoms with E-state index in [1.807, 2.05) is 30.3 Å². The van der Waals surface area contributed by atoms with Gasteiger partial charge in [0, 0.05) is 0 Å². The van der Waals surface area contributed by atoms with Gasteiger partial charge >= 0.3 is 0 Å². The largest absolute Gasteiger partial charge is 0.487 e. The number of rotatable bonds is 10. The van der Waals surface area contributed by atoms with Gasteiger partial charge in [-0.2, -0.15) is 0 Å². The molecule has 0 fully saturated rings. The average Bonchev–Trinajstić information content (AvgIpc) is 2.60. The lowest BCUT2D eigenvalue weighted by atomic mass is 10.1. The number of ether oxygens (including phenoxy) is 1. The molecule has 2 N–H and O–H groups in total. The predicted molar refractivity (Wildman–Crippen MR) is 102 cm³/mol. The zero-order chi connectivity index (χ0) is 17.2. The Labute approximate surface area is 146 Å². The molecule has 0 amide bonds. The standard InChI is InChI=1S/C21H30N2O/c1-3-4-14-23(2)15-8-11-18-12-13-21(20(22)16-18)24-17-19-9-6-5-7-10-19/h5-7,9-10,12-13,16H,3-4,8,11,14-15,17,22H2,1-2H3. The minimum atomic E-state index is 0.548. The molecule has 0 aromatic heterocycles. The summed E-state index contributed by atoms with van der Waals surface area (Å²) in [6.07, 6.45) is 4.74. The number of aryl methyl sites for hydroxylation is 1. The fourth-order valence-electron chi connectivity index (χ4n) is 2.71. The van der Waals surface area contributed by atoms with Crippen molar-refractivity contribution >= 4 is 5.69 Å². The van der Waals surface area contributed by atoms with Crippen molar-refractivity contribution in [3.05, 3.63) is 59.7 Å². The molecule has 0 bridgehead atoms. The first kappa shape index (κ1) is 18.3. The van der Waals surface area contributed by atoms with Crippen LogP contribution in [0.1, 0.15) is 37.3 Å². The highest BCUT2D eigenvalue weighted by atomic mass is 16.5. The van der Waals surface area contributed by atoms with Crippen LogP contribution in [0.15, 0.2) is 48.5 Å². The van der Waals surface area contributed by atoms with Gasteiger partial charge in [-0.1, -0.05) is 49.7 Å². The summed E-state index contributed by atoms with van der Waals surface area (Å²) in [7, 11) is 2.20. The first-order valence-electron chi connectivity index (χ1n) is 8.92. The molecule has 0 aliphatic carbocycles. The van der Waals surface area contributed by atoms with E-state index >= 15 is 0 Å². The van der Waals surface area contributed by atoms with E-state index in [2.05, 4.69) is 37.1 Å². The lowest BCUT2D eigenvalue weighted by Crippen LogP contribution is -2.21. The van der Waals surface area contributed by atoms with Crippen molar-refractivity contribution in [3.8, 4) is 5.75 Å². The van der Waals surface area contributed by atoms with E-state index in [9.17, 15) is 0 Å². The van der Waals surface area contributed by atoms with E-state index in [0.29, 0.717) is 6.61 Å². The summed E-state index contributed by atoms with van der Waals surface area (Å²) in [6, 6.07) is 16.3. The first-order chi connectivity index (χ1) is 11.7. The number of nitrogen functional groups attached to an aromatic ring is 1. The Morgan fingerprint density at radius 3 is 2.42 bits per heavy atom. The Morgan fingerprint density at radius 2 is 1.71 bits per heavy atom. The van der Waals surface area contributed by atoms with Crippen molar-refractivity contribution in [3.63, 3.8) is 0 Å². The van der Waals surface area contributed by atoms with Crippen molar-refractivity contribution < 1.29 is 4.74 Å². The molecule has 130 valence electrons. The Bertz CT molecular complexity index is 598. The predicted octanol–water partition coefficient (Wildman–Crippen LogP) is 4.51. The van der Waals surface area contributed by atoms with E-state index in [1.165, 1.54) is 24.9 Å². The fourth-order valence-corrected chi connectivity index (χ4v) is 2.71. The van der Waals surface area contributed by atoms with Gasteiger partial charge in [-0.3, -0.25) is 0 Å². The second-order valence-corrected chi connectivity index (χ2v) is 6.41. The molecule has 3 heteroatoms. The maximum absolute atomic E-state index is 6.15. The molecule has 2 aromatic carbocycles. The van der Waals surface area contributed by atoms with E-state index in [-0.39, 0.29) is 0 Å². The molecule has 0 spiro atoms. The zero-order valence-electron chi connectivity index (χ0n) is 15.0. The summed E-state index contributed by atoms with van der Waals surface area (Å²) in [4.78, 5) is 2.41. The molecular formula is C21H30N2O. The fraction of sp³-hybridized carbons (Fsp3) is 0.429. The van der Waals surface area contributed by atoms with Crippen molar-refractivity contribution in [2.24, 2.45) is 0 Å². The van der Waals surface area contributed by atoms with Crippen LogP contribution in [0.2, 0.25) is 0 Å². The molecule has 3 nitrogen and oxygen atoms in total. The minimum Gasteiger partial charge on any atom is -0.487 e. The summed E-state index contributed by atoms with van der Waals surface area (Å²) in [5, 5.41) is 0. The van der Waals surface area contributed by atoms with Gasteiger partial charge in [0.2, 0.25) is 0 Å². The van der Waals surface area contributed by atoms with E-state index in [0.717, 1.165) is 36.4 Å². The van der Waals surface area contributed by atoms with E-state index < -0.39 is 0 Å². The summed E-state index contributed by atoms with van der Waals surface area (Å²) in [6.45, 7) is 5.10. The molecule has 0 heterocycles. The number of hydrogen-bond donors (Lipinski definition) is 1. The summed E-state index contributed by atoms with van der Waals surface area (Å²) in [5.74, 6) is 0.766. The molecule has 0 radical (unpaired) electrons. The third kappa shape index (κ3) is 6.25. The molecular weight excluding hydrogens is 296 g/mol. The maximum atomic E-state index is 6.15. The van der Waals surface area contributed by atoms with Crippen molar-refractivity contribution in [1.82, 2.24) is 4.90 Å². The van der Waals surface area contributed by atoms with Crippen LogP contribution in [-0.2, 0) is 13.0 Å². The highest BCUT2D eigenvalue weighted by molar-refractivity contribution is 5.54. The summed E-state index contributed by atoms with van der Waals surface area (Å²) in [5.41, 5.74) is 9.30. The molecule has 2 rings (SSSR count). The van der Waals surface area contributed by atoms with Gasteiger partial charge in [0.25, 0.3) is 0 Å². The molecule has 24 heavy (non-hydrogen) atoms. The SMILES string of the molecule is CCCCN(C)CCCc1ccc(OCc2ccccc2)c(N)c1. The lowest BCUT2D eigenvalue weighted by molar-refractivity contribution is 0.308. The summed E-state index contributed by atoms with van der Waals surface area (Å²) < 4.78 is 5.83. The number of unbranched alkanes of at least 4 members (excludes halogenated alkanes) is 1. The normalized spacial score (nSPS) is 11.0. The third-order valence-electron chi connectivity index (χ3n) is 4.21. The molecule has 0 saturated heterocycles. The second kappa shape index (κ2) is 9.99. The smallest absolute Gasteiger partial charge is 0.142 e. The molecule has 2 aromatic rings. The Morgan fingerprint density at radius 1 is 0.958 bits per heavy atom. The first-order valence-corrected chi connectivity index (χ1v) is 8.92. The summed E-state index contributed by atoms with van der Waals surface area (Å²) >= 11 is 0. The number of nitrogens with zero attached hydrogens (tertiary/aromatic N) is 1. The molecule has 0 aliphatic heterocycles. The number of nitrogens with two attached hydrogens (primary N) is 1. The average molecular weight is 326 g/mol. The van der Waals surface area contributed by atoms with Crippen LogP contribution in [0, 0.1) is 0 Å². The lowest BCUT2D eigenvalue weighted by Gasteiger charge is -2.16. The molecule has 0 atom stereocenters. The van der Waals surface area contributed by atoms with Gasteiger partial charge in [0.1, 0.15) is 12.4 Å². The molecule has 0 unspecified atom stereocenters. The number of benzene rings is 2. The van der Waals surface area contributed by atoms with Crippen molar-refractivity contribution in [2.45, 2.75) is 39.2 Å². The van der Waals surface area contributed by atoms with Crippen LogP contribution in [0.5, 0.6) is 5.75 Å². The maximum Gasteiger partial charge on any atom is 0.142 e. The van der Waals surface area contributed by atoms with E-state index in [4.69, 9.17) is 10.5 Å². The minimum absolute atomic E-state index is 0.548. The Kier molecular flexibility index (Phi) is 7.63. The van der Waals surface area contributed by atoms with Crippen LogP contribution >= 0.6 is 0 Å². The Hall–Kier alpha value is -2.00. The highest BCUT2D eigenvalue weighted by Crippen LogP contribution is 2.24. The number of hydrogen-bond acceptors (Lipinski definition) is 3. The van der Waals surface area contributed by atoms with Gasteiger partial charge in [0.15, 0.2) is 0 Å². The van der Waals surface area contributed by atoms with Crippen LogP contribution in [0.25, 0.3) is 0 Å². The van der Waals surface area contributed by atoms with Gasteiger partial charge in [0.05, 0.1) is 5.69 Å². The van der Waals surface area contributed by atoms with Crippen LogP contribution < -0.4 is 10.5 Å². The second-order valence-electron chi connectivity index (χ2n) is 6.41. The highest BCUT2D eigenvalue weighted by Gasteiger charge is 2.04. The van der Waals surface area contributed by atoms with Gasteiger partial charge in [-0.15, -0.1) is 0 Å². The van der Waals surface area contributed by atoms with Crippen molar-refractivity contribution in [2.75, 3.05) is 25.9 Å². The third-order valence-corrected chi connectivity index (χ3v) is 4.21. The quantitative estimate of drug-likeness (QED) is 0.653. The van der Waals surface area contributed by atoms with Gasteiger partial charge in [-0.25, -0.2) is 0 Å². The van der Waals surface area contributed by atoms with Crippen LogP contribution in [0.3, 0.4) is 0 Å². The monoisotopic (exact) mass is 326 g/mol. The Balaban J connectivity index is 1.79. The topological polar surface area (TPSA) is 38.5 Å². The van der Waals surface area contributed by atoms with Crippen LogP contribution in [-0.4, -0.2) is 25.0 Å². The molecule has 0 aliphatic rings. The van der Waals surface area contributed by atoms with Crippen LogP contribution in [0.4, 0.5) is 5.69 Å². The number of anilines is 1. The molecule has 0 saturated carbocycles. The van der Waals surface area contributed by atoms with E-state index in [1.54, 1.807) is 0 Å². The van der Waals surface area contributed by atoms with Gasteiger partial charge in [-0.05, 0) is 62.7 Å². The van der Waals surface area contributed by atoms with Crippen molar-refractivity contribution in [1.29, 1.82) is 0 Å².